The van der Waals surface area contributed by atoms with Crippen LogP contribution >= 0.6 is 15.9 Å². The second-order valence-electron chi connectivity index (χ2n) is 6.83. The first-order valence-corrected chi connectivity index (χ1v) is 10.2. The van der Waals surface area contributed by atoms with Gasteiger partial charge in [0, 0.05) is 25.2 Å². The Kier molecular flexibility index (Phi) is 5.86. The van der Waals surface area contributed by atoms with Crippen LogP contribution in [0.2, 0.25) is 0 Å². The van der Waals surface area contributed by atoms with Gasteiger partial charge in [-0.15, -0.1) is 0 Å². The molecule has 1 saturated heterocycles. The predicted octanol–water partition coefficient (Wildman–Crippen LogP) is 3.09. The SMILES string of the molecule is N#C/C(=C/c1cc(Br)c(N2CCOCC2)o1)C1=NN(c2ccccc2)[C@H](N)[C@@H]1C#N. The third kappa shape index (κ3) is 3.83. The number of rotatable bonds is 4. The number of hydrazone groups is 1. The zero-order chi connectivity index (χ0) is 21.1. The first-order valence-electron chi connectivity index (χ1n) is 9.44. The van der Waals surface area contributed by atoms with Gasteiger partial charge in [0.1, 0.15) is 23.9 Å². The summed E-state index contributed by atoms with van der Waals surface area (Å²) in [6, 6.07) is 15.5. The van der Waals surface area contributed by atoms with Gasteiger partial charge in [-0.2, -0.15) is 15.6 Å². The van der Waals surface area contributed by atoms with Crippen LogP contribution < -0.4 is 15.6 Å². The molecule has 2 aromatic rings. The molecule has 0 spiro atoms. The molecule has 0 saturated carbocycles. The fourth-order valence-electron chi connectivity index (χ4n) is 3.45. The van der Waals surface area contributed by atoms with Crippen molar-refractivity contribution in [2.24, 2.45) is 16.8 Å². The Bertz CT molecular complexity index is 1060. The molecule has 8 nitrogen and oxygen atoms in total. The molecule has 3 heterocycles. The summed E-state index contributed by atoms with van der Waals surface area (Å²) in [4.78, 5) is 2.08. The first kappa shape index (κ1) is 20.2. The molecule has 0 aliphatic carbocycles. The van der Waals surface area contributed by atoms with E-state index >= 15 is 0 Å². The Balaban J connectivity index is 1.67. The fraction of sp³-hybridized carbons (Fsp3) is 0.286. The highest BCUT2D eigenvalue weighted by molar-refractivity contribution is 9.10. The molecular formula is C21H19BrN6O2. The molecule has 2 N–H and O–H groups in total. The molecule has 2 aliphatic rings. The van der Waals surface area contributed by atoms with Crippen LogP contribution in [-0.2, 0) is 4.74 Å². The highest BCUT2D eigenvalue weighted by atomic mass is 79.9. The van der Waals surface area contributed by atoms with Gasteiger partial charge in [0.05, 0.1) is 40.7 Å². The molecule has 0 bridgehead atoms. The first-order chi connectivity index (χ1) is 14.6. The van der Waals surface area contributed by atoms with Crippen molar-refractivity contribution in [3.63, 3.8) is 0 Å². The molecule has 30 heavy (non-hydrogen) atoms. The topological polar surface area (TPSA) is 115 Å². The van der Waals surface area contributed by atoms with Gasteiger partial charge >= 0.3 is 0 Å². The Hall–Kier alpha value is -3.11. The van der Waals surface area contributed by atoms with Crippen molar-refractivity contribution in [2.45, 2.75) is 6.17 Å². The van der Waals surface area contributed by atoms with Gasteiger partial charge in [-0.1, -0.05) is 18.2 Å². The Morgan fingerprint density at radius 1 is 1.23 bits per heavy atom. The number of hydrogen-bond acceptors (Lipinski definition) is 8. The van der Waals surface area contributed by atoms with Gasteiger partial charge in [0.15, 0.2) is 0 Å². The van der Waals surface area contributed by atoms with Gasteiger partial charge in [-0.3, -0.25) is 0 Å². The second-order valence-corrected chi connectivity index (χ2v) is 7.69. The molecule has 0 amide bonds. The van der Waals surface area contributed by atoms with E-state index in [-0.39, 0.29) is 5.57 Å². The number of anilines is 2. The van der Waals surface area contributed by atoms with Crippen LogP contribution in [0.4, 0.5) is 11.6 Å². The molecule has 152 valence electrons. The van der Waals surface area contributed by atoms with Crippen molar-refractivity contribution in [2.75, 3.05) is 36.2 Å². The zero-order valence-corrected chi connectivity index (χ0v) is 17.6. The maximum absolute atomic E-state index is 9.78. The molecule has 1 aromatic carbocycles. The summed E-state index contributed by atoms with van der Waals surface area (Å²) in [7, 11) is 0. The van der Waals surface area contributed by atoms with E-state index < -0.39 is 12.1 Å². The maximum Gasteiger partial charge on any atom is 0.210 e. The van der Waals surface area contributed by atoms with Crippen LogP contribution in [-0.4, -0.2) is 38.2 Å². The molecule has 0 radical (unpaired) electrons. The Labute approximate surface area is 182 Å². The summed E-state index contributed by atoms with van der Waals surface area (Å²) in [5.41, 5.74) is 7.60. The van der Waals surface area contributed by atoms with E-state index in [1.807, 2.05) is 30.3 Å². The molecule has 2 atom stereocenters. The number of nitrogens with zero attached hydrogens (tertiary/aromatic N) is 5. The van der Waals surface area contributed by atoms with Crippen LogP contribution in [0, 0.1) is 28.6 Å². The Morgan fingerprint density at radius 2 is 1.97 bits per heavy atom. The number of nitriles is 2. The number of ether oxygens (including phenoxy) is 1. The van der Waals surface area contributed by atoms with E-state index in [9.17, 15) is 10.5 Å². The predicted molar refractivity (Wildman–Crippen MR) is 116 cm³/mol. The van der Waals surface area contributed by atoms with Crippen molar-refractivity contribution < 1.29 is 9.15 Å². The number of halogens is 1. The lowest BCUT2D eigenvalue weighted by molar-refractivity contribution is 0.120. The summed E-state index contributed by atoms with van der Waals surface area (Å²) in [6.07, 6.45) is 0.912. The highest BCUT2D eigenvalue weighted by Crippen LogP contribution is 2.33. The summed E-state index contributed by atoms with van der Waals surface area (Å²) in [6.45, 7) is 2.72. The van der Waals surface area contributed by atoms with E-state index in [0.717, 1.165) is 23.2 Å². The van der Waals surface area contributed by atoms with E-state index in [4.69, 9.17) is 14.9 Å². The standard InChI is InChI=1S/C21H19BrN6O2/c22-18-11-16(30-21(18)27-6-8-29-9-7-27)10-14(12-23)19-17(13-24)20(25)28(26-19)15-4-2-1-3-5-15/h1-5,10-11,17,20H,6-9,25H2/b14-10-/t17-,20+/m1/s1. The molecule has 9 heteroatoms. The van der Waals surface area contributed by atoms with Gasteiger partial charge in [0.2, 0.25) is 5.88 Å². The van der Waals surface area contributed by atoms with Crippen molar-refractivity contribution in [3.05, 3.63) is 52.2 Å². The largest absolute Gasteiger partial charge is 0.440 e. The van der Waals surface area contributed by atoms with E-state index in [2.05, 4.69) is 38.1 Å². The number of benzene rings is 1. The summed E-state index contributed by atoms with van der Waals surface area (Å²) in [5, 5.41) is 25.5. The number of para-hydroxylation sites is 1. The lowest BCUT2D eigenvalue weighted by Crippen LogP contribution is -2.40. The van der Waals surface area contributed by atoms with Crippen molar-refractivity contribution in [3.8, 4) is 12.1 Å². The maximum atomic E-state index is 9.78. The van der Waals surface area contributed by atoms with Gasteiger partial charge in [0.25, 0.3) is 0 Å². The van der Waals surface area contributed by atoms with Crippen LogP contribution in [0.1, 0.15) is 5.76 Å². The highest BCUT2D eigenvalue weighted by Gasteiger charge is 2.37. The fourth-order valence-corrected chi connectivity index (χ4v) is 4.01. The number of morpholine rings is 1. The third-order valence-corrected chi connectivity index (χ3v) is 5.53. The summed E-state index contributed by atoms with van der Waals surface area (Å²) >= 11 is 3.52. The normalized spacial score (nSPS) is 21.9. The second kappa shape index (κ2) is 8.72. The number of nitrogens with two attached hydrogens (primary N) is 1. The van der Waals surface area contributed by atoms with E-state index in [0.29, 0.717) is 30.6 Å². The molecular weight excluding hydrogens is 448 g/mol. The molecule has 2 aliphatic heterocycles. The lowest BCUT2D eigenvalue weighted by Gasteiger charge is -2.26. The number of hydrogen-bond donors (Lipinski definition) is 1. The van der Waals surface area contributed by atoms with Crippen LogP contribution in [0.25, 0.3) is 6.08 Å². The number of allylic oxidation sites excluding steroid dienone is 1. The van der Waals surface area contributed by atoms with E-state index in [1.165, 1.54) is 0 Å². The molecule has 1 aromatic heterocycles. The summed E-state index contributed by atoms with van der Waals surface area (Å²) < 4.78 is 12.1. The minimum Gasteiger partial charge on any atom is -0.440 e. The molecule has 1 fully saturated rings. The van der Waals surface area contributed by atoms with Gasteiger partial charge in [-0.05, 0) is 28.1 Å². The third-order valence-electron chi connectivity index (χ3n) is 4.96. The minimum absolute atomic E-state index is 0.241. The summed E-state index contributed by atoms with van der Waals surface area (Å²) in [5.74, 6) is 0.439. The van der Waals surface area contributed by atoms with Crippen molar-refractivity contribution in [1.29, 1.82) is 10.5 Å². The van der Waals surface area contributed by atoms with E-state index in [1.54, 1.807) is 17.2 Å². The average Bonchev–Trinajstić information content (AvgIpc) is 3.32. The van der Waals surface area contributed by atoms with Gasteiger partial charge < -0.3 is 19.8 Å². The van der Waals surface area contributed by atoms with Crippen molar-refractivity contribution in [1.82, 2.24) is 0 Å². The molecule has 4 rings (SSSR count). The smallest absolute Gasteiger partial charge is 0.210 e. The zero-order valence-electron chi connectivity index (χ0n) is 16.0. The Morgan fingerprint density at radius 3 is 2.63 bits per heavy atom. The average molecular weight is 467 g/mol. The minimum atomic E-state index is -0.742. The van der Waals surface area contributed by atoms with Gasteiger partial charge in [-0.25, -0.2) is 5.01 Å². The molecule has 0 unspecified atom stereocenters. The van der Waals surface area contributed by atoms with Crippen LogP contribution in [0.3, 0.4) is 0 Å². The monoisotopic (exact) mass is 466 g/mol. The number of furan rings is 1. The van der Waals surface area contributed by atoms with Crippen LogP contribution in [0.5, 0.6) is 0 Å². The van der Waals surface area contributed by atoms with Crippen molar-refractivity contribution >= 4 is 39.3 Å². The lowest BCUT2D eigenvalue weighted by atomic mass is 9.96. The quantitative estimate of drug-likeness (QED) is 0.688. The van der Waals surface area contributed by atoms with Crippen LogP contribution in [0.15, 0.2) is 56.0 Å².